The maximum absolute atomic E-state index is 13.5. The molecular formula is C12H9BrFNO5S. The van der Waals surface area contributed by atoms with Crippen molar-refractivity contribution in [2.45, 2.75) is 12.0 Å². The predicted molar refractivity (Wildman–Crippen MR) is 75.3 cm³/mol. The third kappa shape index (κ3) is 3.24. The Kier molecular flexibility index (Phi) is 4.06. The van der Waals surface area contributed by atoms with Gasteiger partial charge in [-0.1, -0.05) is 0 Å². The molecule has 0 unspecified atom stereocenters. The van der Waals surface area contributed by atoms with Crippen molar-refractivity contribution in [1.29, 1.82) is 0 Å². The Balaban J connectivity index is 2.37. The van der Waals surface area contributed by atoms with E-state index in [0.29, 0.717) is 5.56 Å². The van der Waals surface area contributed by atoms with E-state index in [4.69, 9.17) is 9.52 Å². The van der Waals surface area contributed by atoms with Crippen molar-refractivity contribution in [2.24, 2.45) is 0 Å². The van der Waals surface area contributed by atoms with Crippen molar-refractivity contribution in [2.75, 3.05) is 4.72 Å². The summed E-state index contributed by atoms with van der Waals surface area (Å²) in [5.74, 6) is -2.53. The minimum Gasteiger partial charge on any atom is -0.475 e. The number of sulfonamides is 1. The Morgan fingerprint density at radius 3 is 2.62 bits per heavy atom. The van der Waals surface area contributed by atoms with Crippen molar-refractivity contribution >= 4 is 37.6 Å². The highest BCUT2D eigenvalue weighted by molar-refractivity contribution is 9.10. The lowest BCUT2D eigenvalue weighted by Crippen LogP contribution is -2.13. The average molecular weight is 378 g/mol. The summed E-state index contributed by atoms with van der Waals surface area (Å²) in [5.41, 5.74) is 0.515. The van der Waals surface area contributed by atoms with E-state index < -0.39 is 32.7 Å². The Morgan fingerprint density at radius 2 is 2.05 bits per heavy atom. The summed E-state index contributed by atoms with van der Waals surface area (Å²) in [6.07, 6.45) is 0. The molecule has 0 saturated carbocycles. The molecule has 112 valence electrons. The Labute approximate surface area is 127 Å². The van der Waals surface area contributed by atoms with E-state index in [-0.39, 0.29) is 10.2 Å². The molecule has 0 amide bonds. The molecule has 0 spiro atoms. The van der Waals surface area contributed by atoms with Crippen LogP contribution in [0.5, 0.6) is 0 Å². The number of benzene rings is 1. The summed E-state index contributed by atoms with van der Waals surface area (Å²) < 4.78 is 44.6. The number of rotatable bonds is 4. The molecule has 0 atom stereocenters. The molecule has 2 N–H and O–H groups in total. The van der Waals surface area contributed by atoms with Crippen LogP contribution in [-0.2, 0) is 10.0 Å². The van der Waals surface area contributed by atoms with Gasteiger partial charge in [-0.2, -0.15) is 8.42 Å². The van der Waals surface area contributed by atoms with Gasteiger partial charge in [0, 0.05) is 0 Å². The smallest absolute Gasteiger partial charge is 0.371 e. The molecule has 2 rings (SSSR count). The van der Waals surface area contributed by atoms with Crippen LogP contribution in [0.1, 0.15) is 16.1 Å². The van der Waals surface area contributed by atoms with E-state index in [9.17, 15) is 17.6 Å². The topological polar surface area (TPSA) is 96.6 Å². The quantitative estimate of drug-likeness (QED) is 0.853. The van der Waals surface area contributed by atoms with E-state index >= 15 is 0 Å². The van der Waals surface area contributed by atoms with Crippen molar-refractivity contribution in [3.05, 3.63) is 45.9 Å². The minimum absolute atomic E-state index is 0.0315. The number of anilines is 1. The standard InChI is InChI=1S/C12H9BrFNO5S/c1-6-4-7(13)8(14)5-9(6)15-21(18,19)11-3-2-10(20-11)12(16)17/h2-5,15H,1H3,(H,16,17). The van der Waals surface area contributed by atoms with Gasteiger partial charge in [-0.05, 0) is 52.7 Å². The fourth-order valence-corrected chi connectivity index (χ4v) is 3.05. The van der Waals surface area contributed by atoms with Crippen molar-refractivity contribution in [3.8, 4) is 0 Å². The van der Waals surface area contributed by atoms with E-state index in [2.05, 4.69) is 20.7 Å². The molecule has 0 bridgehead atoms. The van der Waals surface area contributed by atoms with E-state index in [0.717, 1.165) is 18.2 Å². The van der Waals surface area contributed by atoms with Gasteiger partial charge in [0.25, 0.3) is 10.0 Å². The lowest BCUT2D eigenvalue weighted by molar-refractivity contribution is 0.0656. The molecule has 1 aromatic carbocycles. The van der Waals surface area contributed by atoms with Crippen molar-refractivity contribution in [1.82, 2.24) is 0 Å². The van der Waals surface area contributed by atoms with Gasteiger partial charge >= 0.3 is 5.97 Å². The van der Waals surface area contributed by atoms with Crippen LogP contribution in [0.3, 0.4) is 0 Å². The predicted octanol–water partition coefficient (Wildman–Crippen LogP) is 2.99. The van der Waals surface area contributed by atoms with Gasteiger partial charge < -0.3 is 9.52 Å². The summed E-state index contributed by atoms with van der Waals surface area (Å²) in [5, 5.41) is 8.13. The second kappa shape index (κ2) is 5.49. The molecule has 0 saturated heterocycles. The first kappa shape index (κ1) is 15.5. The number of halogens is 2. The average Bonchev–Trinajstić information content (AvgIpc) is 2.86. The number of carboxylic acid groups (broad SMARTS) is 1. The van der Waals surface area contributed by atoms with Crippen molar-refractivity contribution in [3.63, 3.8) is 0 Å². The van der Waals surface area contributed by atoms with Gasteiger partial charge in [-0.25, -0.2) is 9.18 Å². The van der Waals surface area contributed by atoms with E-state index in [1.807, 2.05) is 0 Å². The zero-order chi connectivity index (χ0) is 15.8. The van der Waals surface area contributed by atoms with Crippen LogP contribution in [-0.4, -0.2) is 19.5 Å². The molecule has 0 fully saturated rings. The molecule has 0 radical (unpaired) electrons. The highest BCUT2D eigenvalue weighted by Gasteiger charge is 2.22. The third-order valence-electron chi connectivity index (χ3n) is 2.57. The van der Waals surface area contributed by atoms with Crippen LogP contribution in [0.25, 0.3) is 0 Å². The number of furan rings is 1. The van der Waals surface area contributed by atoms with E-state index in [1.54, 1.807) is 6.92 Å². The largest absolute Gasteiger partial charge is 0.475 e. The minimum atomic E-state index is -4.14. The fraction of sp³-hybridized carbons (Fsp3) is 0.0833. The van der Waals surface area contributed by atoms with Gasteiger partial charge in [-0.3, -0.25) is 4.72 Å². The van der Waals surface area contributed by atoms with Gasteiger partial charge in [-0.15, -0.1) is 0 Å². The molecule has 21 heavy (non-hydrogen) atoms. The number of aromatic carboxylic acids is 1. The maximum atomic E-state index is 13.5. The number of carbonyl (C=O) groups is 1. The van der Waals surface area contributed by atoms with Crippen LogP contribution in [0.4, 0.5) is 10.1 Å². The zero-order valence-electron chi connectivity index (χ0n) is 10.6. The van der Waals surface area contributed by atoms with Gasteiger partial charge in [0.05, 0.1) is 10.2 Å². The molecule has 9 heteroatoms. The molecule has 1 heterocycles. The second-order valence-corrected chi connectivity index (χ2v) is 6.58. The number of hydrogen-bond acceptors (Lipinski definition) is 4. The summed E-state index contributed by atoms with van der Waals surface area (Å²) in [7, 11) is -4.14. The third-order valence-corrected chi connectivity index (χ3v) is 4.41. The number of hydrogen-bond donors (Lipinski definition) is 2. The lowest BCUT2D eigenvalue weighted by atomic mass is 10.2. The first-order valence-corrected chi connectivity index (χ1v) is 7.80. The number of carboxylic acids is 1. The van der Waals surface area contributed by atoms with E-state index in [1.165, 1.54) is 6.07 Å². The Morgan fingerprint density at radius 1 is 1.38 bits per heavy atom. The molecule has 0 aliphatic rings. The van der Waals surface area contributed by atoms with Crippen LogP contribution < -0.4 is 4.72 Å². The van der Waals surface area contributed by atoms with Crippen molar-refractivity contribution < 1.29 is 27.1 Å². The van der Waals surface area contributed by atoms with Crippen LogP contribution in [0.15, 0.2) is 38.2 Å². The zero-order valence-corrected chi connectivity index (χ0v) is 13.0. The summed E-state index contributed by atoms with van der Waals surface area (Å²) >= 11 is 2.99. The summed E-state index contributed by atoms with van der Waals surface area (Å²) in [6.45, 7) is 1.59. The normalized spacial score (nSPS) is 11.4. The maximum Gasteiger partial charge on any atom is 0.371 e. The molecule has 1 aromatic heterocycles. The first-order chi connectivity index (χ1) is 9.70. The van der Waals surface area contributed by atoms with Crippen LogP contribution >= 0.6 is 15.9 Å². The second-order valence-electron chi connectivity index (χ2n) is 4.11. The monoisotopic (exact) mass is 377 g/mol. The first-order valence-electron chi connectivity index (χ1n) is 5.52. The molecule has 2 aromatic rings. The van der Waals surface area contributed by atoms with Gasteiger partial charge in [0.15, 0.2) is 0 Å². The lowest BCUT2D eigenvalue weighted by Gasteiger charge is -2.09. The fourth-order valence-electron chi connectivity index (χ4n) is 1.53. The molecular weight excluding hydrogens is 369 g/mol. The Bertz CT molecular complexity index is 815. The highest BCUT2D eigenvalue weighted by atomic mass is 79.9. The molecule has 0 aliphatic heterocycles. The SMILES string of the molecule is Cc1cc(Br)c(F)cc1NS(=O)(=O)c1ccc(C(=O)O)o1. The van der Waals surface area contributed by atoms with Gasteiger partial charge in [0.2, 0.25) is 10.9 Å². The highest BCUT2D eigenvalue weighted by Crippen LogP contribution is 2.26. The van der Waals surface area contributed by atoms with Gasteiger partial charge in [0.1, 0.15) is 5.82 Å². The Hall–Kier alpha value is -1.87. The molecule has 6 nitrogen and oxygen atoms in total. The summed E-state index contributed by atoms with van der Waals surface area (Å²) in [4.78, 5) is 10.7. The number of aryl methyl sites for hydroxylation is 1. The number of nitrogens with one attached hydrogen (secondary N) is 1. The summed E-state index contributed by atoms with van der Waals surface area (Å²) in [6, 6.07) is 4.46. The van der Waals surface area contributed by atoms with Crippen LogP contribution in [0, 0.1) is 12.7 Å². The van der Waals surface area contributed by atoms with Crippen LogP contribution in [0.2, 0.25) is 0 Å². The molecule has 0 aliphatic carbocycles.